The van der Waals surface area contributed by atoms with E-state index >= 15 is 0 Å². The fourth-order valence-electron chi connectivity index (χ4n) is 3.11. The predicted molar refractivity (Wildman–Crippen MR) is 115 cm³/mol. The first-order valence-electron chi connectivity index (χ1n) is 9.51. The van der Waals surface area contributed by atoms with Crippen LogP contribution < -0.4 is 10.1 Å². The fraction of sp³-hybridized carbons (Fsp3) is 0.238. The van der Waals surface area contributed by atoms with Gasteiger partial charge in [-0.1, -0.05) is 26.0 Å². The van der Waals surface area contributed by atoms with Crippen molar-refractivity contribution in [3.63, 3.8) is 0 Å². The molecule has 30 heavy (non-hydrogen) atoms. The lowest BCUT2D eigenvalue weighted by Crippen LogP contribution is -2.31. The molecule has 0 aliphatic rings. The molecule has 158 valence electrons. The number of nitrogens with one attached hydrogen (secondary N) is 1. The zero-order valence-corrected chi connectivity index (χ0v) is 17.9. The van der Waals surface area contributed by atoms with Crippen molar-refractivity contribution < 1.29 is 17.9 Å². The Morgan fingerprint density at radius 3 is 2.50 bits per heavy atom. The molecular weight excluding hydrogens is 404 g/mol. The van der Waals surface area contributed by atoms with Gasteiger partial charge in [-0.2, -0.15) is 9.40 Å². The average Bonchev–Trinajstić information content (AvgIpc) is 3.29. The third kappa shape index (κ3) is 4.22. The Morgan fingerprint density at radius 1 is 1.13 bits per heavy atom. The van der Waals surface area contributed by atoms with Gasteiger partial charge in [0.05, 0.1) is 18.5 Å². The number of methoxy groups -OCH3 is 1. The zero-order chi connectivity index (χ0) is 21.7. The van der Waals surface area contributed by atoms with Gasteiger partial charge < -0.3 is 10.1 Å². The molecule has 1 aromatic heterocycles. The van der Waals surface area contributed by atoms with Gasteiger partial charge in [-0.3, -0.25) is 4.79 Å². The molecule has 0 bridgehead atoms. The SMILES string of the molecule is CCN(CC)S(=O)(=O)c1cc(C(=O)Nc2ccccc2-n2cccn2)ccc1OC. The monoisotopic (exact) mass is 428 g/mol. The Bertz CT molecular complexity index is 1120. The summed E-state index contributed by atoms with van der Waals surface area (Å²) in [5.74, 6) is -0.247. The van der Waals surface area contributed by atoms with Gasteiger partial charge in [-0.15, -0.1) is 0 Å². The summed E-state index contributed by atoms with van der Waals surface area (Å²) in [4.78, 5) is 12.9. The number of para-hydroxylation sites is 2. The molecule has 0 fully saturated rings. The number of anilines is 1. The highest BCUT2D eigenvalue weighted by atomic mass is 32.2. The number of sulfonamides is 1. The molecule has 0 saturated heterocycles. The second kappa shape index (κ2) is 9.10. The van der Waals surface area contributed by atoms with Crippen LogP contribution in [0.1, 0.15) is 24.2 Å². The Kier molecular flexibility index (Phi) is 6.53. The number of hydrogen-bond acceptors (Lipinski definition) is 5. The molecule has 9 heteroatoms. The minimum atomic E-state index is -3.80. The van der Waals surface area contributed by atoms with Crippen LogP contribution in [0.4, 0.5) is 5.69 Å². The fourth-order valence-corrected chi connectivity index (χ4v) is 4.75. The number of nitrogens with zero attached hydrogens (tertiary/aromatic N) is 3. The lowest BCUT2D eigenvalue weighted by Gasteiger charge is -2.20. The Labute approximate surface area is 176 Å². The van der Waals surface area contributed by atoms with E-state index in [0.717, 1.165) is 0 Å². The topological polar surface area (TPSA) is 93.5 Å². The standard InChI is InChI=1S/C21H24N4O4S/c1-4-24(5-2)30(27,28)20-15-16(11-12-19(20)29-3)21(26)23-17-9-6-7-10-18(17)25-14-8-13-22-25/h6-15H,4-5H2,1-3H3,(H,23,26). The van der Waals surface area contributed by atoms with Gasteiger partial charge in [-0.25, -0.2) is 13.1 Å². The summed E-state index contributed by atoms with van der Waals surface area (Å²) in [5.41, 5.74) is 1.45. The minimum absolute atomic E-state index is 0.0401. The second-order valence-electron chi connectivity index (χ2n) is 6.38. The maximum Gasteiger partial charge on any atom is 0.255 e. The maximum absolute atomic E-state index is 13.0. The van der Waals surface area contributed by atoms with E-state index in [-0.39, 0.29) is 16.2 Å². The first-order chi connectivity index (χ1) is 14.4. The van der Waals surface area contributed by atoms with Crippen molar-refractivity contribution in [3.05, 3.63) is 66.5 Å². The number of hydrogen-bond donors (Lipinski definition) is 1. The molecule has 0 aliphatic heterocycles. The Morgan fingerprint density at radius 2 is 1.87 bits per heavy atom. The van der Waals surface area contributed by atoms with Crippen LogP contribution in [-0.2, 0) is 10.0 Å². The lowest BCUT2D eigenvalue weighted by atomic mass is 10.2. The number of aromatic nitrogens is 2. The summed E-state index contributed by atoms with van der Waals surface area (Å²) in [6.07, 6.45) is 3.42. The van der Waals surface area contributed by atoms with Crippen LogP contribution in [-0.4, -0.2) is 48.6 Å². The van der Waals surface area contributed by atoms with Crippen molar-refractivity contribution in [2.45, 2.75) is 18.7 Å². The van der Waals surface area contributed by atoms with Crippen LogP contribution in [0.2, 0.25) is 0 Å². The Hall–Kier alpha value is -3.17. The molecule has 0 saturated carbocycles. The van der Waals surface area contributed by atoms with E-state index in [2.05, 4.69) is 10.4 Å². The number of carbonyl (C=O) groups excluding carboxylic acids is 1. The van der Waals surface area contributed by atoms with Crippen LogP contribution in [0.25, 0.3) is 5.69 Å². The van der Waals surface area contributed by atoms with E-state index in [1.807, 2.05) is 12.1 Å². The number of ether oxygens (including phenoxy) is 1. The quantitative estimate of drug-likeness (QED) is 0.595. The summed E-state index contributed by atoms with van der Waals surface area (Å²) in [5, 5.41) is 7.04. The van der Waals surface area contributed by atoms with E-state index < -0.39 is 15.9 Å². The van der Waals surface area contributed by atoms with Crippen LogP contribution in [0.5, 0.6) is 5.75 Å². The third-order valence-electron chi connectivity index (χ3n) is 4.65. The van der Waals surface area contributed by atoms with Gasteiger partial charge in [0.15, 0.2) is 0 Å². The molecule has 0 radical (unpaired) electrons. The predicted octanol–water partition coefficient (Wildman–Crippen LogP) is 3.16. The summed E-state index contributed by atoms with van der Waals surface area (Å²) in [6, 6.07) is 13.4. The van der Waals surface area contributed by atoms with Crippen LogP contribution in [0.3, 0.4) is 0 Å². The van der Waals surface area contributed by atoms with Gasteiger partial charge in [0.25, 0.3) is 5.91 Å². The molecule has 1 N–H and O–H groups in total. The molecule has 3 rings (SSSR count). The normalized spacial score (nSPS) is 11.5. The number of carbonyl (C=O) groups is 1. The van der Waals surface area contributed by atoms with Crippen molar-refractivity contribution in [1.29, 1.82) is 0 Å². The second-order valence-corrected chi connectivity index (χ2v) is 8.28. The Balaban J connectivity index is 1.97. The van der Waals surface area contributed by atoms with Gasteiger partial charge in [0.1, 0.15) is 10.6 Å². The molecule has 8 nitrogen and oxygen atoms in total. The van der Waals surface area contributed by atoms with Gasteiger partial charge in [0.2, 0.25) is 10.0 Å². The lowest BCUT2D eigenvalue weighted by molar-refractivity contribution is 0.102. The molecule has 0 aliphatic carbocycles. The first-order valence-corrected chi connectivity index (χ1v) is 10.9. The highest BCUT2D eigenvalue weighted by Gasteiger charge is 2.27. The molecule has 2 aromatic carbocycles. The molecule has 0 unspecified atom stereocenters. The highest BCUT2D eigenvalue weighted by Crippen LogP contribution is 2.28. The van der Waals surface area contributed by atoms with Crippen molar-refractivity contribution in [3.8, 4) is 11.4 Å². The average molecular weight is 429 g/mol. The van der Waals surface area contributed by atoms with E-state index in [1.54, 1.807) is 49.1 Å². The van der Waals surface area contributed by atoms with Crippen molar-refractivity contribution >= 4 is 21.6 Å². The molecule has 0 atom stereocenters. The summed E-state index contributed by atoms with van der Waals surface area (Å²) < 4.78 is 34.2. The van der Waals surface area contributed by atoms with E-state index in [1.165, 1.54) is 29.6 Å². The van der Waals surface area contributed by atoms with Crippen molar-refractivity contribution in [1.82, 2.24) is 14.1 Å². The minimum Gasteiger partial charge on any atom is -0.495 e. The number of benzene rings is 2. The van der Waals surface area contributed by atoms with Crippen LogP contribution in [0, 0.1) is 0 Å². The largest absolute Gasteiger partial charge is 0.495 e. The van der Waals surface area contributed by atoms with Gasteiger partial charge in [0, 0.05) is 31.0 Å². The van der Waals surface area contributed by atoms with E-state index in [0.29, 0.717) is 24.5 Å². The first kappa shape index (κ1) is 21.5. The highest BCUT2D eigenvalue weighted by molar-refractivity contribution is 7.89. The van der Waals surface area contributed by atoms with Gasteiger partial charge >= 0.3 is 0 Å². The molecule has 3 aromatic rings. The van der Waals surface area contributed by atoms with Crippen LogP contribution >= 0.6 is 0 Å². The van der Waals surface area contributed by atoms with Crippen LogP contribution in [0.15, 0.2) is 65.8 Å². The third-order valence-corrected chi connectivity index (χ3v) is 6.72. The number of rotatable bonds is 8. The van der Waals surface area contributed by atoms with Crippen molar-refractivity contribution in [2.24, 2.45) is 0 Å². The zero-order valence-electron chi connectivity index (χ0n) is 17.1. The number of amides is 1. The molecule has 1 amide bonds. The molecule has 0 spiro atoms. The summed E-state index contributed by atoms with van der Waals surface area (Å²) in [7, 11) is -2.40. The maximum atomic E-state index is 13.0. The molecular formula is C21H24N4O4S. The smallest absolute Gasteiger partial charge is 0.255 e. The van der Waals surface area contributed by atoms with E-state index in [9.17, 15) is 13.2 Å². The van der Waals surface area contributed by atoms with Gasteiger partial charge in [-0.05, 0) is 36.4 Å². The van der Waals surface area contributed by atoms with Crippen molar-refractivity contribution in [2.75, 3.05) is 25.5 Å². The van der Waals surface area contributed by atoms with E-state index in [4.69, 9.17) is 4.74 Å². The summed E-state index contributed by atoms with van der Waals surface area (Å²) in [6.45, 7) is 4.15. The summed E-state index contributed by atoms with van der Waals surface area (Å²) >= 11 is 0. The molecule has 1 heterocycles.